The second-order valence-corrected chi connectivity index (χ2v) is 9.12. The maximum Gasteiger partial charge on any atom is 0.295 e. The maximum atomic E-state index is 6.16. The second kappa shape index (κ2) is 9.56. The number of aromatic nitrogens is 1. The smallest absolute Gasteiger partial charge is 0.295 e. The second-order valence-electron chi connectivity index (χ2n) is 8.31. The van der Waals surface area contributed by atoms with E-state index >= 15 is 0 Å². The van der Waals surface area contributed by atoms with E-state index in [9.17, 15) is 0 Å². The summed E-state index contributed by atoms with van der Waals surface area (Å²) in [5.74, 6) is 0.467. The van der Waals surface area contributed by atoms with E-state index in [2.05, 4.69) is 40.0 Å². The zero-order chi connectivity index (χ0) is 21.1. The topological polar surface area (TPSA) is 44.5 Å². The molecule has 1 aromatic heterocycles. The van der Waals surface area contributed by atoms with E-state index in [0.717, 1.165) is 50.4 Å². The van der Waals surface area contributed by atoms with Crippen LogP contribution in [0.1, 0.15) is 19.4 Å². The van der Waals surface area contributed by atoms with Crippen molar-refractivity contribution in [1.29, 1.82) is 0 Å². The summed E-state index contributed by atoms with van der Waals surface area (Å²) < 4.78 is 5.87. The molecular formula is C23H28Cl2N4O. The summed E-state index contributed by atoms with van der Waals surface area (Å²) in [5, 5.41) is 4.75. The zero-order valence-electron chi connectivity index (χ0n) is 17.4. The summed E-state index contributed by atoms with van der Waals surface area (Å²) in [7, 11) is 0. The van der Waals surface area contributed by atoms with Gasteiger partial charge in [-0.1, -0.05) is 55.2 Å². The van der Waals surface area contributed by atoms with E-state index in [4.69, 9.17) is 27.6 Å². The van der Waals surface area contributed by atoms with Crippen molar-refractivity contribution >= 4 is 40.3 Å². The van der Waals surface area contributed by atoms with Gasteiger partial charge in [0.15, 0.2) is 5.58 Å². The lowest BCUT2D eigenvalue weighted by Gasteiger charge is -2.37. The first-order valence-electron chi connectivity index (χ1n) is 10.5. The number of hydrogen-bond acceptors (Lipinski definition) is 5. The van der Waals surface area contributed by atoms with Crippen molar-refractivity contribution < 1.29 is 4.42 Å². The Hall–Kier alpha value is -1.79. The zero-order valence-corrected chi connectivity index (χ0v) is 19.0. The molecule has 1 aliphatic heterocycles. The molecule has 2 aromatic carbocycles. The molecule has 3 aromatic rings. The number of para-hydroxylation sites is 2. The van der Waals surface area contributed by atoms with Crippen LogP contribution in [0.25, 0.3) is 11.1 Å². The Bertz CT molecular complexity index is 949. The number of nitrogens with zero attached hydrogens (tertiary/aromatic N) is 3. The van der Waals surface area contributed by atoms with Crippen LogP contribution < -0.4 is 5.32 Å². The normalized spacial score (nSPS) is 17.0. The lowest BCUT2D eigenvalue weighted by atomic mass is 10.0. The van der Waals surface area contributed by atoms with Gasteiger partial charge in [-0.25, -0.2) is 0 Å². The summed E-state index contributed by atoms with van der Waals surface area (Å²) in [6, 6.07) is 14.6. The molecule has 4 rings (SSSR count). The summed E-state index contributed by atoms with van der Waals surface area (Å²) in [5.41, 5.74) is 2.91. The molecule has 0 aliphatic carbocycles. The number of piperazine rings is 1. The van der Waals surface area contributed by atoms with Gasteiger partial charge < -0.3 is 9.73 Å². The first-order chi connectivity index (χ1) is 14.5. The van der Waals surface area contributed by atoms with Gasteiger partial charge in [0, 0.05) is 45.3 Å². The van der Waals surface area contributed by atoms with Crippen molar-refractivity contribution in [2.75, 3.05) is 38.0 Å². The van der Waals surface area contributed by atoms with Crippen molar-refractivity contribution in [3.63, 3.8) is 0 Å². The highest BCUT2D eigenvalue weighted by Crippen LogP contribution is 2.24. The molecule has 1 fully saturated rings. The van der Waals surface area contributed by atoms with Gasteiger partial charge in [-0.3, -0.25) is 9.80 Å². The average molecular weight is 447 g/mol. The van der Waals surface area contributed by atoms with Crippen molar-refractivity contribution in [3.05, 3.63) is 58.1 Å². The molecule has 5 nitrogen and oxygen atoms in total. The van der Waals surface area contributed by atoms with Crippen LogP contribution in [0.4, 0.5) is 6.01 Å². The molecule has 2 heterocycles. The standard InChI is InChI=1S/C23H28Cl2N4O/c1-16(2)21(27-23-26-20-5-3-4-6-22(20)30-23)15-29-11-9-28(10-12-29)14-17-7-8-18(24)19(25)13-17/h3-8,13,16,21H,9-12,14-15H2,1-2H3,(H,26,27)/t21-/m0/s1. The summed E-state index contributed by atoms with van der Waals surface area (Å²) in [6.07, 6.45) is 0. The van der Waals surface area contributed by atoms with E-state index in [1.165, 1.54) is 5.56 Å². The Kier molecular flexibility index (Phi) is 6.84. The molecule has 0 unspecified atom stereocenters. The molecule has 30 heavy (non-hydrogen) atoms. The minimum atomic E-state index is 0.277. The quantitative estimate of drug-likeness (QED) is 0.526. The Morgan fingerprint density at radius 1 is 1.00 bits per heavy atom. The molecule has 0 bridgehead atoms. The van der Waals surface area contributed by atoms with Crippen LogP contribution in [0.3, 0.4) is 0 Å². The van der Waals surface area contributed by atoms with Gasteiger partial charge in [0.25, 0.3) is 6.01 Å². The van der Waals surface area contributed by atoms with Gasteiger partial charge in [-0.15, -0.1) is 0 Å². The predicted molar refractivity (Wildman–Crippen MR) is 124 cm³/mol. The van der Waals surface area contributed by atoms with E-state index in [-0.39, 0.29) is 6.04 Å². The fourth-order valence-electron chi connectivity index (χ4n) is 3.82. The van der Waals surface area contributed by atoms with Gasteiger partial charge in [0.1, 0.15) is 5.52 Å². The third-order valence-corrected chi connectivity index (χ3v) is 6.46. The van der Waals surface area contributed by atoms with Crippen molar-refractivity contribution in [2.45, 2.75) is 26.4 Å². The molecule has 0 saturated carbocycles. The molecule has 0 radical (unpaired) electrons. The Balaban J connectivity index is 1.31. The molecule has 1 saturated heterocycles. The number of halogens is 2. The summed E-state index contributed by atoms with van der Waals surface area (Å²) in [4.78, 5) is 9.56. The van der Waals surface area contributed by atoms with Crippen LogP contribution in [-0.4, -0.2) is 53.5 Å². The van der Waals surface area contributed by atoms with Crippen LogP contribution in [0.15, 0.2) is 46.9 Å². The summed E-state index contributed by atoms with van der Waals surface area (Å²) >= 11 is 12.2. The monoisotopic (exact) mass is 446 g/mol. The van der Waals surface area contributed by atoms with Crippen LogP contribution in [0.5, 0.6) is 0 Å². The fraction of sp³-hybridized carbons (Fsp3) is 0.435. The molecule has 7 heteroatoms. The molecule has 0 amide bonds. The number of fused-ring (bicyclic) bond motifs is 1. The lowest BCUT2D eigenvalue weighted by Crippen LogP contribution is -2.50. The highest BCUT2D eigenvalue weighted by Gasteiger charge is 2.23. The van der Waals surface area contributed by atoms with Crippen LogP contribution in [0, 0.1) is 5.92 Å². The lowest BCUT2D eigenvalue weighted by molar-refractivity contribution is 0.119. The third-order valence-electron chi connectivity index (χ3n) is 5.72. The number of anilines is 1. The van der Waals surface area contributed by atoms with Crippen molar-refractivity contribution in [2.24, 2.45) is 5.92 Å². The van der Waals surface area contributed by atoms with Gasteiger partial charge in [0.05, 0.1) is 10.0 Å². The Morgan fingerprint density at radius 2 is 1.73 bits per heavy atom. The number of nitrogens with one attached hydrogen (secondary N) is 1. The molecule has 1 aliphatic rings. The van der Waals surface area contributed by atoms with Gasteiger partial charge in [-0.2, -0.15) is 4.98 Å². The van der Waals surface area contributed by atoms with Gasteiger partial charge >= 0.3 is 0 Å². The Morgan fingerprint density at radius 3 is 2.43 bits per heavy atom. The predicted octanol–water partition coefficient (Wildman–Crippen LogP) is 5.39. The van der Waals surface area contributed by atoms with E-state index in [0.29, 0.717) is 22.0 Å². The number of oxazole rings is 1. The SMILES string of the molecule is CC(C)[C@H](CN1CCN(Cc2ccc(Cl)c(Cl)c2)CC1)Nc1nc2ccccc2o1. The average Bonchev–Trinajstić information content (AvgIpc) is 3.14. The van der Waals surface area contributed by atoms with Crippen molar-refractivity contribution in [3.8, 4) is 0 Å². The first-order valence-corrected chi connectivity index (χ1v) is 11.2. The van der Waals surface area contributed by atoms with Crippen LogP contribution in [-0.2, 0) is 6.54 Å². The Labute approximate surface area is 188 Å². The van der Waals surface area contributed by atoms with Crippen molar-refractivity contribution in [1.82, 2.24) is 14.8 Å². The number of rotatable bonds is 7. The van der Waals surface area contributed by atoms with Crippen LogP contribution in [0.2, 0.25) is 10.0 Å². The van der Waals surface area contributed by atoms with E-state index in [1.54, 1.807) is 0 Å². The molecule has 1 N–H and O–H groups in total. The minimum Gasteiger partial charge on any atom is -0.424 e. The maximum absolute atomic E-state index is 6.16. The highest BCUT2D eigenvalue weighted by atomic mass is 35.5. The van der Waals surface area contributed by atoms with Gasteiger partial charge in [0.2, 0.25) is 0 Å². The van der Waals surface area contributed by atoms with Crippen LogP contribution >= 0.6 is 23.2 Å². The van der Waals surface area contributed by atoms with E-state index < -0.39 is 0 Å². The van der Waals surface area contributed by atoms with Gasteiger partial charge in [-0.05, 0) is 35.7 Å². The molecule has 0 spiro atoms. The molecule has 1 atom stereocenters. The largest absolute Gasteiger partial charge is 0.424 e. The first kappa shape index (κ1) is 21.4. The fourth-order valence-corrected chi connectivity index (χ4v) is 4.14. The van der Waals surface area contributed by atoms with E-state index in [1.807, 2.05) is 36.4 Å². The number of benzene rings is 2. The highest BCUT2D eigenvalue weighted by molar-refractivity contribution is 6.42. The third kappa shape index (κ3) is 5.27. The molecular weight excluding hydrogens is 419 g/mol. The number of hydrogen-bond donors (Lipinski definition) is 1. The summed E-state index contributed by atoms with van der Waals surface area (Å²) in [6.45, 7) is 10.5. The molecule has 160 valence electrons. The minimum absolute atomic E-state index is 0.277.